The van der Waals surface area contributed by atoms with Crippen LogP contribution >= 0.6 is 0 Å². The van der Waals surface area contributed by atoms with Crippen LogP contribution in [-0.2, 0) is 16.8 Å². The smallest absolute Gasteiger partial charge is 0.229 e. The third-order valence-electron chi connectivity index (χ3n) is 4.05. The molecule has 1 aromatic rings. The largest absolute Gasteiger partial charge is 0.463 e. The van der Waals surface area contributed by atoms with Crippen LogP contribution in [0.15, 0.2) is 12.1 Å². The summed E-state index contributed by atoms with van der Waals surface area (Å²) in [4.78, 5) is 9.95. The van der Waals surface area contributed by atoms with Crippen molar-refractivity contribution in [1.82, 2.24) is 0 Å². The highest BCUT2D eigenvalue weighted by Crippen LogP contribution is 2.43. The van der Waals surface area contributed by atoms with E-state index in [1.54, 1.807) is 0 Å². The number of ether oxygens (including phenoxy) is 2. The lowest BCUT2D eigenvalue weighted by molar-refractivity contribution is -0.490. The number of nitrogens with zero attached hydrogens (tertiary/aromatic N) is 1. The van der Waals surface area contributed by atoms with Gasteiger partial charge in [0.1, 0.15) is 11.9 Å². The van der Waals surface area contributed by atoms with Gasteiger partial charge in [-0.15, -0.1) is 0 Å². The van der Waals surface area contributed by atoms with E-state index in [-0.39, 0.29) is 0 Å². The normalized spacial score (nSPS) is 19.6. The number of fused-ring (bicyclic) bond motifs is 1. The third-order valence-corrected chi connectivity index (χ3v) is 4.05. The van der Waals surface area contributed by atoms with E-state index in [2.05, 4.69) is 0 Å². The molecule has 1 aliphatic heterocycles. The summed E-state index contributed by atoms with van der Waals surface area (Å²) in [5.41, 5.74) is 2.57. The Hall–Kier alpha value is -1.66. The minimum absolute atomic E-state index is 0.355. The predicted octanol–water partition coefficient (Wildman–Crippen LogP) is 2.95. The Bertz CT molecular complexity index is 609. The first-order valence-electron chi connectivity index (χ1n) is 7.83. The van der Waals surface area contributed by atoms with Crippen molar-refractivity contribution in [3.63, 3.8) is 0 Å². The number of benzene rings is 1. The molecule has 0 saturated carbocycles. The maximum Gasteiger partial charge on any atom is 0.229 e. The van der Waals surface area contributed by atoms with Crippen molar-refractivity contribution in [3.05, 3.63) is 38.9 Å². The molecule has 1 aliphatic rings. The number of hydrogen-bond acceptors (Lipinski definition) is 5. The first-order chi connectivity index (χ1) is 10.5. The molecule has 6 nitrogen and oxygen atoms in total. The molecule has 1 atom stereocenters. The standard InChI is InChI=1S/C17H25NO5/c1-11-8-15-14(16(2,3)23-17(4,5)22-15)9-12(11)6-7-13(19)10-18(20)21/h8-9,13,19H,6-7,10H2,1-5H3. The molecule has 0 amide bonds. The summed E-state index contributed by atoms with van der Waals surface area (Å²) in [6.07, 6.45) is 0.00171. The van der Waals surface area contributed by atoms with Crippen molar-refractivity contribution in [3.8, 4) is 5.75 Å². The van der Waals surface area contributed by atoms with Crippen molar-refractivity contribution in [2.45, 2.75) is 65.0 Å². The van der Waals surface area contributed by atoms with Gasteiger partial charge in [0, 0.05) is 24.3 Å². The van der Waals surface area contributed by atoms with Crippen LogP contribution in [0.1, 0.15) is 50.8 Å². The molecule has 0 spiro atoms. The topological polar surface area (TPSA) is 81.8 Å². The number of rotatable bonds is 5. The molecule has 6 heteroatoms. The van der Waals surface area contributed by atoms with Crippen LogP contribution in [0.4, 0.5) is 0 Å². The van der Waals surface area contributed by atoms with Gasteiger partial charge < -0.3 is 14.6 Å². The zero-order chi connectivity index (χ0) is 17.4. The molecule has 1 unspecified atom stereocenters. The number of hydrogen-bond donors (Lipinski definition) is 1. The number of aliphatic hydroxyl groups is 1. The zero-order valence-electron chi connectivity index (χ0n) is 14.4. The van der Waals surface area contributed by atoms with Crippen LogP contribution in [0.5, 0.6) is 5.75 Å². The molecule has 1 heterocycles. The average molecular weight is 323 g/mol. The minimum Gasteiger partial charge on any atom is -0.463 e. The van der Waals surface area contributed by atoms with Crippen LogP contribution in [0.25, 0.3) is 0 Å². The SMILES string of the molecule is Cc1cc2c(cc1CCC(O)C[N+](=O)[O-])C(C)(C)OC(C)(C)O2. The van der Waals surface area contributed by atoms with Gasteiger partial charge in [0.15, 0.2) is 0 Å². The van der Waals surface area contributed by atoms with Gasteiger partial charge >= 0.3 is 0 Å². The molecule has 1 aromatic carbocycles. The van der Waals surface area contributed by atoms with Gasteiger partial charge in [0.05, 0.1) is 5.60 Å². The summed E-state index contributed by atoms with van der Waals surface area (Å²) in [5, 5.41) is 20.1. The van der Waals surface area contributed by atoms with Gasteiger partial charge in [0.25, 0.3) is 0 Å². The van der Waals surface area contributed by atoms with Gasteiger partial charge in [0.2, 0.25) is 12.3 Å². The van der Waals surface area contributed by atoms with Crippen molar-refractivity contribution < 1.29 is 19.5 Å². The van der Waals surface area contributed by atoms with E-state index in [1.807, 2.05) is 46.8 Å². The Kier molecular flexibility index (Phi) is 4.69. The molecule has 0 bridgehead atoms. The quantitative estimate of drug-likeness (QED) is 0.665. The molecule has 23 heavy (non-hydrogen) atoms. The molecule has 0 radical (unpaired) electrons. The second-order valence-corrected chi connectivity index (χ2v) is 7.10. The minimum atomic E-state index is -0.931. The third kappa shape index (κ3) is 4.20. The first kappa shape index (κ1) is 17.7. The van der Waals surface area contributed by atoms with E-state index in [0.29, 0.717) is 12.8 Å². The van der Waals surface area contributed by atoms with Gasteiger partial charge in [-0.25, -0.2) is 0 Å². The molecule has 0 fully saturated rings. The van der Waals surface area contributed by atoms with Crippen LogP contribution in [0.3, 0.4) is 0 Å². The fourth-order valence-corrected chi connectivity index (χ4v) is 3.09. The van der Waals surface area contributed by atoms with E-state index >= 15 is 0 Å². The zero-order valence-corrected chi connectivity index (χ0v) is 14.4. The molecule has 2 rings (SSSR count). The van der Waals surface area contributed by atoms with E-state index in [4.69, 9.17) is 9.47 Å². The first-order valence-corrected chi connectivity index (χ1v) is 7.83. The Labute approximate surface area is 136 Å². The van der Waals surface area contributed by atoms with Crippen molar-refractivity contribution in [1.29, 1.82) is 0 Å². The number of nitro groups is 1. The Balaban J connectivity index is 2.23. The summed E-state index contributed by atoms with van der Waals surface area (Å²) >= 11 is 0. The highest BCUT2D eigenvalue weighted by atomic mass is 16.7. The monoisotopic (exact) mass is 323 g/mol. The Morgan fingerprint density at radius 1 is 1.30 bits per heavy atom. The lowest BCUT2D eigenvalue weighted by Gasteiger charge is -2.43. The van der Waals surface area contributed by atoms with Crippen LogP contribution < -0.4 is 4.74 Å². The summed E-state index contributed by atoms with van der Waals surface area (Å²) in [6.45, 7) is 9.32. The second-order valence-electron chi connectivity index (χ2n) is 7.10. The lowest BCUT2D eigenvalue weighted by atomic mass is 9.89. The van der Waals surface area contributed by atoms with Crippen molar-refractivity contribution >= 4 is 0 Å². The summed E-state index contributed by atoms with van der Waals surface area (Å²) in [7, 11) is 0. The van der Waals surface area contributed by atoms with E-state index in [9.17, 15) is 15.2 Å². The van der Waals surface area contributed by atoms with Crippen LogP contribution in [-0.4, -0.2) is 28.5 Å². The Morgan fingerprint density at radius 2 is 1.96 bits per heavy atom. The van der Waals surface area contributed by atoms with E-state index in [0.717, 1.165) is 22.4 Å². The molecule has 1 N–H and O–H groups in total. The molecular formula is C17H25NO5. The van der Waals surface area contributed by atoms with Crippen molar-refractivity contribution in [2.75, 3.05) is 6.54 Å². The fraction of sp³-hybridized carbons (Fsp3) is 0.647. The molecule has 0 saturated heterocycles. The highest BCUT2D eigenvalue weighted by Gasteiger charge is 2.40. The summed E-state index contributed by atoms with van der Waals surface area (Å²) in [6, 6.07) is 4.01. The van der Waals surface area contributed by atoms with Crippen molar-refractivity contribution in [2.24, 2.45) is 0 Å². The number of aliphatic hydroxyl groups excluding tert-OH is 1. The molecule has 128 valence electrons. The summed E-state index contributed by atoms with van der Waals surface area (Å²) in [5.74, 6) is 0.116. The molecule has 0 aliphatic carbocycles. The van der Waals surface area contributed by atoms with Crippen LogP contribution in [0.2, 0.25) is 0 Å². The maximum absolute atomic E-state index is 10.4. The van der Waals surface area contributed by atoms with Crippen LogP contribution in [0, 0.1) is 17.0 Å². The maximum atomic E-state index is 10.4. The predicted molar refractivity (Wildman–Crippen MR) is 86.2 cm³/mol. The van der Waals surface area contributed by atoms with Gasteiger partial charge in [-0.2, -0.15) is 0 Å². The number of aryl methyl sites for hydroxylation is 2. The van der Waals surface area contributed by atoms with E-state index in [1.165, 1.54) is 0 Å². The second kappa shape index (κ2) is 6.09. The van der Waals surface area contributed by atoms with Gasteiger partial charge in [-0.3, -0.25) is 10.1 Å². The van der Waals surface area contributed by atoms with E-state index < -0.39 is 29.0 Å². The van der Waals surface area contributed by atoms with Gasteiger partial charge in [-0.1, -0.05) is 0 Å². The fourth-order valence-electron chi connectivity index (χ4n) is 3.09. The molecular weight excluding hydrogens is 298 g/mol. The highest BCUT2D eigenvalue weighted by molar-refractivity contribution is 5.46. The average Bonchev–Trinajstić information content (AvgIpc) is 2.33. The molecule has 0 aromatic heterocycles. The van der Waals surface area contributed by atoms with Gasteiger partial charge in [-0.05, 0) is 56.9 Å². The lowest BCUT2D eigenvalue weighted by Crippen LogP contribution is -2.44. The Morgan fingerprint density at radius 3 is 2.57 bits per heavy atom. The summed E-state index contributed by atoms with van der Waals surface area (Å²) < 4.78 is 11.9.